The molecule has 2 atom stereocenters. The van der Waals surface area contributed by atoms with Gasteiger partial charge in [0.2, 0.25) is 15.9 Å². The van der Waals surface area contributed by atoms with Gasteiger partial charge in [0, 0.05) is 12.6 Å². The van der Waals surface area contributed by atoms with Gasteiger partial charge in [-0.05, 0) is 45.4 Å². The summed E-state index contributed by atoms with van der Waals surface area (Å²) in [6.45, 7) is 3.64. The topological polar surface area (TPSA) is 92.5 Å². The number of sulfonamides is 1. The van der Waals surface area contributed by atoms with Gasteiger partial charge in [-0.1, -0.05) is 18.0 Å². The monoisotopic (exact) mass is 355 g/mol. The fourth-order valence-electron chi connectivity index (χ4n) is 4.12. The predicted molar refractivity (Wildman–Crippen MR) is 87.9 cm³/mol. The molecule has 2 heterocycles. The molecular weight excluding hydrogens is 330 g/mol. The maximum atomic E-state index is 12.6. The fraction of sp³-hybridized carbons (Fsp3) is 0.750. The molecule has 1 amide bonds. The van der Waals surface area contributed by atoms with Crippen LogP contribution in [0.3, 0.4) is 0 Å². The molecule has 7 nitrogen and oxygen atoms in total. The molecule has 2 aliphatic rings. The maximum Gasteiger partial charge on any atom is 0.246 e. The lowest BCUT2D eigenvalue weighted by Crippen LogP contribution is -2.52. The Hall–Kier alpha value is -1.41. The minimum atomic E-state index is -3.80. The van der Waals surface area contributed by atoms with Gasteiger partial charge in [0.05, 0.1) is 6.54 Å². The van der Waals surface area contributed by atoms with Gasteiger partial charge >= 0.3 is 0 Å². The molecule has 1 aliphatic carbocycles. The van der Waals surface area contributed by atoms with Crippen LogP contribution in [0.4, 0.5) is 0 Å². The van der Waals surface area contributed by atoms with E-state index < -0.39 is 10.0 Å². The second kappa shape index (κ2) is 6.84. The molecule has 24 heavy (non-hydrogen) atoms. The Morgan fingerprint density at radius 3 is 2.67 bits per heavy atom. The third kappa shape index (κ3) is 3.35. The van der Waals surface area contributed by atoms with Crippen LogP contribution in [0.2, 0.25) is 0 Å². The fourth-order valence-corrected chi connectivity index (χ4v) is 5.42. The first-order chi connectivity index (χ1) is 11.4. The number of hydrogen-bond acceptors (Lipinski definition) is 5. The lowest BCUT2D eigenvalue weighted by Gasteiger charge is -2.44. The van der Waals surface area contributed by atoms with Crippen molar-refractivity contribution in [3.63, 3.8) is 0 Å². The lowest BCUT2D eigenvalue weighted by atomic mass is 9.78. The number of hydrogen-bond donors (Lipinski definition) is 1. The van der Waals surface area contributed by atoms with Crippen molar-refractivity contribution in [2.24, 2.45) is 5.92 Å². The van der Waals surface area contributed by atoms with Crippen LogP contribution in [0.5, 0.6) is 0 Å². The second-order valence-corrected chi connectivity index (χ2v) is 8.52. The minimum absolute atomic E-state index is 0.0319. The zero-order chi connectivity index (χ0) is 17.3. The average molecular weight is 355 g/mol. The second-order valence-electron chi connectivity index (χ2n) is 6.82. The van der Waals surface area contributed by atoms with Crippen molar-refractivity contribution in [3.05, 3.63) is 11.5 Å². The molecule has 1 saturated heterocycles. The van der Waals surface area contributed by atoms with Gasteiger partial charge in [-0.2, -0.15) is 0 Å². The van der Waals surface area contributed by atoms with Crippen LogP contribution in [-0.4, -0.2) is 43.5 Å². The van der Waals surface area contributed by atoms with Crippen molar-refractivity contribution >= 4 is 15.9 Å². The lowest BCUT2D eigenvalue weighted by molar-refractivity contribution is -0.136. The number of rotatable bonds is 4. The predicted octanol–water partition coefficient (Wildman–Crippen LogP) is 1.75. The molecule has 1 N–H and O–H groups in total. The molecule has 1 aromatic rings. The van der Waals surface area contributed by atoms with Crippen molar-refractivity contribution < 1.29 is 17.7 Å². The first-order valence-corrected chi connectivity index (χ1v) is 10.1. The van der Waals surface area contributed by atoms with Gasteiger partial charge in [-0.25, -0.2) is 13.1 Å². The Morgan fingerprint density at radius 2 is 1.96 bits per heavy atom. The molecular formula is C16H25N3O4S. The highest BCUT2D eigenvalue weighted by molar-refractivity contribution is 7.89. The number of likely N-dealkylation sites (tertiary alicyclic amines) is 1. The summed E-state index contributed by atoms with van der Waals surface area (Å²) >= 11 is 0. The summed E-state index contributed by atoms with van der Waals surface area (Å²) in [4.78, 5) is 14.5. The molecule has 1 aliphatic heterocycles. The molecule has 1 aromatic heterocycles. The summed E-state index contributed by atoms with van der Waals surface area (Å²) in [5.41, 5.74) is 0.303. The average Bonchev–Trinajstić information content (AvgIpc) is 2.91. The van der Waals surface area contributed by atoms with Gasteiger partial charge in [-0.15, -0.1) is 0 Å². The smallest absolute Gasteiger partial charge is 0.246 e. The molecule has 0 bridgehead atoms. The Balaban J connectivity index is 1.66. The summed E-state index contributed by atoms with van der Waals surface area (Å²) in [5, 5.41) is 3.66. The number of nitrogens with one attached hydrogen (secondary N) is 1. The van der Waals surface area contributed by atoms with E-state index in [4.69, 9.17) is 4.52 Å². The highest BCUT2D eigenvalue weighted by Gasteiger charge is 2.36. The molecule has 0 spiro atoms. The van der Waals surface area contributed by atoms with Gasteiger partial charge in [0.15, 0.2) is 5.76 Å². The van der Waals surface area contributed by atoms with Crippen molar-refractivity contribution in [2.45, 2.75) is 63.3 Å². The zero-order valence-electron chi connectivity index (χ0n) is 14.2. The number of aryl methyl sites for hydroxylation is 2. The highest BCUT2D eigenvalue weighted by atomic mass is 32.2. The van der Waals surface area contributed by atoms with Gasteiger partial charge in [0.1, 0.15) is 10.6 Å². The van der Waals surface area contributed by atoms with E-state index in [0.29, 0.717) is 11.6 Å². The molecule has 0 radical (unpaired) electrons. The van der Waals surface area contributed by atoms with Crippen LogP contribution in [-0.2, 0) is 14.8 Å². The maximum absolute atomic E-state index is 12.6. The molecule has 0 aromatic carbocycles. The molecule has 0 unspecified atom stereocenters. The van der Waals surface area contributed by atoms with E-state index in [2.05, 4.69) is 9.88 Å². The number of carbonyl (C=O) groups excluding carboxylic acids is 1. The van der Waals surface area contributed by atoms with E-state index >= 15 is 0 Å². The first-order valence-electron chi connectivity index (χ1n) is 8.62. The van der Waals surface area contributed by atoms with E-state index in [-0.39, 0.29) is 29.1 Å². The molecule has 8 heteroatoms. The molecule has 3 rings (SSSR count). The molecule has 134 valence electrons. The Morgan fingerprint density at radius 1 is 1.25 bits per heavy atom. The number of fused-ring (bicyclic) bond motifs is 1. The summed E-state index contributed by atoms with van der Waals surface area (Å²) in [6.07, 6.45) is 6.78. The Kier molecular flexibility index (Phi) is 4.96. The van der Waals surface area contributed by atoms with Crippen LogP contribution in [0.1, 0.15) is 50.0 Å². The SMILES string of the molecule is Cc1noc(C)c1S(=O)(=O)NCC(=O)N1CCC[C@H]2CCCC[C@H]21. The Labute approximate surface area is 142 Å². The van der Waals surface area contributed by atoms with Crippen molar-refractivity contribution in [3.8, 4) is 0 Å². The first kappa shape index (κ1) is 17.4. The van der Waals surface area contributed by atoms with E-state index in [0.717, 1.165) is 25.8 Å². The minimum Gasteiger partial charge on any atom is -0.360 e. The van der Waals surface area contributed by atoms with Gasteiger partial charge in [0.25, 0.3) is 0 Å². The van der Waals surface area contributed by atoms with E-state index in [1.807, 2.05) is 4.90 Å². The van der Waals surface area contributed by atoms with E-state index in [9.17, 15) is 13.2 Å². The summed E-state index contributed by atoms with van der Waals surface area (Å²) in [7, 11) is -3.80. The Bertz CT molecular complexity index is 691. The molecule has 2 fully saturated rings. The van der Waals surface area contributed by atoms with Crippen molar-refractivity contribution in [1.82, 2.24) is 14.8 Å². The number of piperidine rings is 1. The van der Waals surface area contributed by atoms with Gasteiger partial charge < -0.3 is 9.42 Å². The largest absolute Gasteiger partial charge is 0.360 e. The third-order valence-corrected chi connectivity index (χ3v) is 6.86. The number of aromatic nitrogens is 1. The van der Waals surface area contributed by atoms with Crippen molar-refractivity contribution in [2.75, 3.05) is 13.1 Å². The van der Waals surface area contributed by atoms with Crippen LogP contribution in [0.15, 0.2) is 9.42 Å². The normalized spacial score (nSPS) is 24.7. The van der Waals surface area contributed by atoms with E-state index in [1.54, 1.807) is 13.8 Å². The third-order valence-electron chi connectivity index (χ3n) is 5.21. The van der Waals surface area contributed by atoms with Crippen LogP contribution in [0, 0.1) is 19.8 Å². The van der Waals surface area contributed by atoms with Crippen LogP contribution in [0.25, 0.3) is 0 Å². The summed E-state index contributed by atoms with van der Waals surface area (Å²) < 4.78 is 32.2. The van der Waals surface area contributed by atoms with Crippen LogP contribution >= 0.6 is 0 Å². The number of carbonyl (C=O) groups is 1. The van der Waals surface area contributed by atoms with Crippen LogP contribution < -0.4 is 4.72 Å². The van der Waals surface area contributed by atoms with Crippen molar-refractivity contribution in [1.29, 1.82) is 0 Å². The highest BCUT2D eigenvalue weighted by Crippen LogP contribution is 2.35. The number of nitrogens with zero attached hydrogens (tertiary/aromatic N) is 2. The van der Waals surface area contributed by atoms with E-state index in [1.165, 1.54) is 19.3 Å². The summed E-state index contributed by atoms with van der Waals surface area (Å²) in [5.74, 6) is 0.676. The van der Waals surface area contributed by atoms with Gasteiger partial charge in [-0.3, -0.25) is 4.79 Å². The zero-order valence-corrected chi connectivity index (χ0v) is 15.1. The quantitative estimate of drug-likeness (QED) is 0.888. The number of amides is 1. The standard InChI is InChI=1S/C16H25N3O4S/c1-11-16(12(2)23-18-11)24(21,22)17-10-15(20)19-9-5-7-13-6-3-4-8-14(13)19/h13-14,17H,3-10H2,1-2H3/t13-,14-/m1/s1. The molecule has 1 saturated carbocycles. The summed E-state index contributed by atoms with van der Waals surface area (Å²) in [6, 6.07) is 0.281.